The van der Waals surface area contributed by atoms with Crippen LogP contribution < -0.4 is 9.44 Å². The Morgan fingerprint density at radius 2 is 0.943 bits per heavy atom. The zero-order valence-electron chi connectivity index (χ0n) is 17.6. The average molecular weight is 538 g/mol. The third-order valence-corrected chi connectivity index (χ3v) is 7.38. The summed E-state index contributed by atoms with van der Waals surface area (Å²) in [6, 6.07) is 10.3. The van der Waals surface area contributed by atoms with Crippen molar-refractivity contribution >= 4 is 31.4 Å². The molecule has 14 heteroatoms. The highest BCUT2D eigenvalue weighted by Crippen LogP contribution is 2.38. The van der Waals surface area contributed by atoms with Crippen LogP contribution in [0.25, 0.3) is 0 Å². The number of hydrogen-bond acceptors (Lipinski definition) is 4. The molecule has 0 aliphatic carbocycles. The standard InChI is InChI=1S/C21H16F6N2O4S2/c1-13-2-6-18(7-3-13)34(30,31)28-16-4-8-19(9-5-16)35(32,33)29-17-11-14(20(22,23)24)10-15(12-17)21(25,26)27/h2-12,28-29H,1H3. The first-order valence-electron chi connectivity index (χ1n) is 9.49. The molecule has 0 amide bonds. The molecule has 0 heterocycles. The molecule has 0 aliphatic rings. The van der Waals surface area contributed by atoms with Crippen molar-refractivity contribution in [3.8, 4) is 0 Å². The lowest BCUT2D eigenvalue weighted by atomic mass is 10.1. The van der Waals surface area contributed by atoms with Crippen molar-refractivity contribution in [3.63, 3.8) is 0 Å². The van der Waals surface area contributed by atoms with Crippen LogP contribution in [-0.2, 0) is 32.4 Å². The SMILES string of the molecule is Cc1ccc(S(=O)(=O)Nc2ccc(S(=O)(=O)Nc3cc(C(F)(F)F)cc(C(F)(F)F)c3)cc2)cc1. The Hall–Kier alpha value is -3.26. The van der Waals surface area contributed by atoms with E-state index in [0.717, 1.165) is 29.8 Å². The van der Waals surface area contributed by atoms with Gasteiger partial charge in [-0.25, -0.2) is 16.8 Å². The van der Waals surface area contributed by atoms with Gasteiger partial charge < -0.3 is 0 Å². The number of halogens is 6. The Balaban J connectivity index is 1.86. The van der Waals surface area contributed by atoms with E-state index >= 15 is 0 Å². The number of anilines is 2. The number of rotatable bonds is 6. The summed E-state index contributed by atoms with van der Waals surface area (Å²) in [5, 5.41) is 0. The van der Waals surface area contributed by atoms with Crippen molar-refractivity contribution in [2.75, 3.05) is 9.44 Å². The van der Waals surface area contributed by atoms with Gasteiger partial charge in [-0.05, 0) is 61.5 Å². The van der Waals surface area contributed by atoms with E-state index in [1.54, 1.807) is 23.8 Å². The molecular weight excluding hydrogens is 522 g/mol. The minimum Gasteiger partial charge on any atom is -0.280 e. The van der Waals surface area contributed by atoms with Gasteiger partial charge in [0, 0.05) is 5.69 Å². The smallest absolute Gasteiger partial charge is 0.280 e. The van der Waals surface area contributed by atoms with Crippen LogP contribution >= 0.6 is 0 Å². The predicted octanol–water partition coefficient (Wildman–Crippen LogP) is 5.63. The predicted molar refractivity (Wildman–Crippen MR) is 116 cm³/mol. The Morgan fingerprint density at radius 3 is 1.34 bits per heavy atom. The van der Waals surface area contributed by atoms with E-state index < -0.39 is 54.1 Å². The topological polar surface area (TPSA) is 92.3 Å². The van der Waals surface area contributed by atoms with Gasteiger partial charge >= 0.3 is 12.4 Å². The quantitative estimate of drug-likeness (QED) is 0.398. The number of hydrogen-bond donors (Lipinski definition) is 2. The maximum Gasteiger partial charge on any atom is 0.416 e. The Kier molecular flexibility index (Phi) is 6.83. The van der Waals surface area contributed by atoms with Crippen molar-refractivity contribution < 1.29 is 43.2 Å². The van der Waals surface area contributed by atoms with Gasteiger partial charge in [0.25, 0.3) is 20.0 Å². The van der Waals surface area contributed by atoms with E-state index in [1.165, 1.54) is 12.1 Å². The summed E-state index contributed by atoms with van der Waals surface area (Å²) in [7, 11) is -8.61. The maximum absolute atomic E-state index is 13.0. The van der Waals surface area contributed by atoms with Crippen LogP contribution in [0.1, 0.15) is 16.7 Å². The van der Waals surface area contributed by atoms with Gasteiger partial charge in [-0.3, -0.25) is 9.44 Å². The molecule has 0 saturated heterocycles. The zero-order chi connectivity index (χ0) is 26.2. The molecule has 0 aliphatic heterocycles. The second-order valence-corrected chi connectivity index (χ2v) is 10.7. The van der Waals surface area contributed by atoms with Crippen LogP contribution in [-0.4, -0.2) is 16.8 Å². The van der Waals surface area contributed by atoms with Gasteiger partial charge in [-0.15, -0.1) is 0 Å². The van der Waals surface area contributed by atoms with Crippen LogP contribution in [0.2, 0.25) is 0 Å². The van der Waals surface area contributed by atoms with E-state index in [0.29, 0.717) is 0 Å². The Bertz CT molecular complexity index is 1400. The highest BCUT2D eigenvalue weighted by molar-refractivity contribution is 7.93. The van der Waals surface area contributed by atoms with E-state index in [1.807, 2.05) is 0 Å². The lowest BCUT2D eigenvalue weighted by molar-refractivity contribution is -0.143. The molecule has 0 aromatic heterocycles. The second kappa shape index (κ2) is 9.07. The van der Waals surface area contributed by atoms with Gasteiger partial charge in [-0.1, -0.05) is 17.7 Å². The van der Waals surface area contributed by atoms with Gasteiger partial charge in [0.1, 0.15) is 0 Å². The van der Waals surface area contributed by atoms with E-state index in [2.05, 4.69) is 4.72 Å². The van der Waals surface area contributed by atoms with Crippen LogP contribution in [0.4, 0.5) is 37.7 Å². The molecule has 0 unspecified atom stereocenters. The highest BCUT2D eigenvalue weighted by atomic mass is 32.2. The van der Waals surface area contributed by atoms with Gasteiger partial charge in [0.05, 0.1) is 26.6 Å². The fraction of sp³-hybridized carbons (Fsp3) is 0.143. The number of alkyl halides is 6. The average Bonchev–Trinajstić information content (AvgIpc) is 2.72. The van der Waals surface area contributed by atoms with Crippen LogP contribution in [0, 0.1) is 6.92 Å². The first kappa shape index (κ1) is 26.3. The second-order valence-electron chi connectivity index (χ2n) is 7.34. The summed E-state index contributed by atoms with van der Waals surface area (Å²) < 4.78 is 132. The molecule has 3 aromatic rings. The Morgan fingerprint density at radius 1 is 0.571 bits per heavy atom. The summed E-state index contributed by atoms with van der Waals surface area (Å²) in [4.78, 5) is -0.576. The van der Waals surface area contributed by atoms with Crippen molar-refractivity contribution in [3.05, 3.63) is 83.4 Å². The first-order valence-corrected chi connectivity index (χ1v) is 12.5. The molecule has 0 bridgehead atoms. The summed E-state index contributed by atoms with van der Waals surface area (Å²) in [5.74, 6) is 0. The zero-order valence-corrected chi connectivity index (χ0v) is 19.2. The molecule has 188 valence electrons. The molecular formula is C21H16F6N2O4S2. The number of sulfonamides is 2. The summed E-state index contributed by atoms with van der Waals surface area (Å²) in [5.41, 5.74) is -3.52. The number of benzene rings is 3. The van der Waals surface area contributed by atoms with Crippen molar-refractivity contribution in [1.82, 2.24) is 0 Å². The van der Waals surface area contributed by atoms with Gasteiger partial charge in [0.15, 0.2) is 0 Å². The fourth-order valence-electron chi connectivity index (χ4n) is 2.86. The molecule has 0 atom stereocenters. The van der Waals surface area contributed by atoms with Crippen molar-refractivity contribution in [2.24, 2.45) is 0 Å². The molecule has 0 fully saturated rings. The normalized spacial score (nSPS) is 12.9. The number of aryl methyl sites for hydroxylation is 1. The van der Waals surface area contributed by atoms with Crippen molar-refractivity contribution in [2.45, 2.75) is 29.1 Å². The van der Waals surface area contributed by atoms with Gasteiger partial charge in [-0.2, -0.15) is 26.3 Å². The molecule has 35 heavy (non-hydrogen) atoms. The van der Waals surface area contributed by atoms with E-state index in [4.69, 9.17) is 0 Å². The summed E-state index contributed by atoms with van der Waals surface area (Å²) in [6.07, 6.45) is -10.3. The third kappa shape index (κ3) is 6.45. The lowest BCUT2D eigenvalue weighted by Crippen LogP contribution is -2.16. The molecule has 0 saturated carbocycles. The minimum atomic E-state index is -5.16. The molecule has 3 aromatic carbocycles. The molecule has 0 radical (unpaired) electrons. The van der Waals surface area contributed by atoms with Gasteiger partial charge in [0.2, 0.25) is 0 Å². The van der Waals surface area contributed by atoms with Crippen LogP contribution in [0.3, 0.4) is 0 Å². The maximum atomic E-state index is 13.0. The molecule has 3 rings (SSSR count). The fourth-order valence-corrected chi connectivity index (χ4v) is 4.96. The number of nitrogens with one attached hydrogen (secondary N) is 2. The molecule has 6 nitrogen and oxygen atoms in total. The largest absolute Gasteiger partial charge is 0.416 e. The monoisotopic (exact) mass is 538 g/mol. The Labute approximate surface area is 196 Å². The first-order chi connectivity index (χ1) is 16.0. The third-order valence-electron chi connectivity index (χ3n) is 4.59. The molecule has 2 N–H and O–H groups in total. The lowest BCUT2D eigenvalue weighted by Gasteiger charge is -2.15. The summed E-state index contributed by atoms with van der Waals surface area (Å²) in [6.45, 7) is 1.76. The highest BCUT2D eigenvalue weighted by Gasteiger charge is 2.37. The summed E-state index contributed by atoms with van der Waals surface area (Å²) >= 11 is 0. The van der Waals surface area contributed by atoms with Crippen LogP contribution in [0.5, 0.6) is 0 Å². The van der Waals surface area contributed by atoms with E-state index in [-0.39, 0.29) is 28.8 Å². The molecule has 0 spiro atoms. The van der Waals surface area contributed by atoms with E-state index in [9.17, 15) is 43.2 Å². The minimum absolute atomic E-state index is 0.0250. The van der Waals surface area contributed by atoms with Crippen molar-refractivity contribution in [1.29, 1.82) is 0 Å². The van der Waals surface area contributed by atoms with Crippen LogP contribution in [0.15, 0.2) is 76.5 Å².